The SMILES string of the molecule is CCCNC(CC)CCCSc1ccccc1. The summed E-state index contributed by atoms with van der Waals surface area (Å²) in [6.07, 6.45) is 5.08. The fourth-order valence-electron chi connectivity index (χ4n) is 1.84. The summed E-state index contributed by atoms with van der Waals surface area (Å²) >= 11 is 1.97. The Morgan fingerprint density at radius 2 is 1.94 bits per heavy atom. The summed E-state index contributed by atoms with van der Waals surface area (Å²) < 4.78 is 0. The summed E-state index contributed by atoms with van der Waals surface area (Å²) in [5.41, 5.74) is 0. The predicted octanol–water partition coefficient (Wildman–Crippen LogP) is 4.34. The molecule has 96 valence electrons. The normalized spacial score (nSPS) is 12.6. The number of hydrogen-bond donors (Lipinski definition) is 1. The molecule has 2 heteroatoms. The first-order valence-corrected chi connectivity index (χ1v) is 7.76. The van der Waals surface area contributed by atoms with E-state index in [9.17, 15) is 0 Å². The molecule has 0 aliphatic carbocycles. The van der Waals surface area contributed by atoms with Crippen LogP contribution in [0.15, 0.2) is 35.2 Å². The fraction of sp³-hybridized carbons (Fsp3) is 0.600. The van der Waals surface area contributed by atoms with Gasteiger partial charge < -0.3 is 5.32 Å². The van der Waals surface area contributed by atoms with Gasteiger partial charge in [0.25, 0.3) is 0 Å². The van der Waals surface area contributed by atoms with Crippen molar-refractivity contribution in [3.63, 3.8) is 0 Å². The molecule has 1 rings (SSSR count). The van der Waals surface area contributed by atoms with E-state index < -0.39 is 0 Å². The van der Waals surface area contributed by atoms with E-state index in [2.05, 4.69) is 49.5 Å². The summed E-state index contributed by atoms with van der Waals surface area (Å²) in [5, 5.41) is 3.61. The molecule has 0 aliphatic rings. The maximum atomic E-state index is 3.61. The molecule has 0 aliphatic heterocycles. The van der Waals surface area contributed by atoms with Crippen LogP contribution in [0.4, 0.5) is 0 Å². The lowest BCUT2D eigenvalue weighted by atomic mass is 10.1. The van der Waals surface area contributed by atoms with Crippen molar-refractivity contribution in [2.45, 2.75) is 50.5 Å². The average Bonchev–Trinajstić information content (AvgIpc) is 2.39. The van der Waals surface area contributed by atoms with Crippen LogP contribution in [0.25, 0.3) is 0 Å². The largest absolute Gasteiger partial charge is 0.314 e. The van der Waals surface area contributed by atoms with Crippen molar-refractivity contribution in [1.29, 1.82) is 0 Å². The molecule has 1 aromatic rings. The first-order chi connectivity index (χ1) is 8.36. The van der Waals surface area contributed by atoms with Crippen molar-refractivity contribution in [3.05, 3.63) is 30.3 Å². The number of nitrogens with one attached hydrogen (secondary N) is 1. The van der Waals surface area contributed by atoms with Gasteiger partial charge in [-0.1, -0.05) is 32.0 Å². The van der Waals surface area contributed by atoms with Crippen LogP contribution in [-0.2, 0) is 0 Å². The highest BCUT2D eigenvalue weighted by Crippen LogP contribution is 2.19. The molecule has 0 fully saturated rings. The molecular weight excluding hydrogens is 226 g/mol. The summed E-state index contributed by atoms with van der Waals surface area (Å²) in [7, 11) is 0. The molecule has 0 aromatic heterocycles. The highest BCUT2D eigenvalue weighted by atomic mass is 32.2. The van der Waals surface area contributed by atoms with Crippen molar-refractivity contribution in [2.75, 3.05) is 12.3 Å². The minimum Gasteiger partial charge on any atom is -0.314 e. The average molecular weight is 251 g/mol. The summed E-state index contributed by atoms with van der Waals surface area (Å²) in [6.45, 7) is 5.66. The van der Waals surface area contributed by atoms with Crippen molar-refractivity contribution in [3.8, 4) is 0 Å². The minimum atomic E-state index is 0.714. The van der Waals surface area contributed by atoms with E-state index in [1.165, 1.54) is 36.3 Å². The van der Waals surface area contributed by atoms with Crippen molar-refractivity contribution < 1.29 is 0 Å². The smallest absolute Gasteiger partial charge is 0.00719 e. The molecule has 0 saturated heterocycles. The van der Waals surface area contributed by atoms with Crippen LogP contribution in [0, 0.1) is 0 Å². The molecule has 1 unspecified atom stereocenters. The molecule has 1 aromatic carbocycles. The number of rotatable bonds is 9. The molecule has 1 atom stereocenters. The predicted molar refractivity (Wildman–Crippen MR) is 78.8 cm³/mol. The van der Waals surface area contributed by atoms with Crippen LogP contribution in [-0.4, -0.2) is 18.3 Å². The van der Waals surface area contributed by atoms with E-state index >= 15 is 0 Å². The molecule has 0 amide bonds. The lowest BCUT2D eigenvalue weighted by molar-refractivity contribution is 0.465. The van der Waals surface area contributed by atoms with E-state index in [-0.39, 0.29) is 0 Å². The lowest BCUT2D eigenvalue weighted by Crippen LogP contribution is -2.29. The Hall–Kier alpha value is -0.470. The van der Waals surface area contributed by atoms with Gasteiger partial charge in [0.15, 0.2) is 0 Å². The molecular formula is C15H25NS. The van der Waals surface area contributed by atoms with Gasteiger partial charge in [-0.25, -0.2) is 0 Å². The fourth-order valence-corrected chi connectivity index (χ4v) is 2.73. The maximum absolute atomic E-state index is 3.61. The second kappa shape index (κ2) is 9.55. The van der Waals surface area contributed by atoms with Crippen molar-refractivity contribution in [2.24, 2.45) is 0 Å². The molecule has 0 bridgehead atoms. The van der Waals surface area contributed by atoms with Crippen LogP contribution in [0.5, 0.6) is 0 Å². The standard InChI is InChI=1S/C15H25NS/c1-3-12-16-14(4-2)9-8-13-17-15-10-6-5-7-11-15/h5-7,10-11,14,16H,3-4,8-9,12-13H2,1-2H3. The summed E-state index contributed by atoms with van der Waals surface area (Å²) in [4.78, 5) is 1.39. The van der Waals surface area contributed by atoms with Crippen molar-refractivity contribution >= 4 is 11.8 Å². The Balaban J connectivity index is 2.10. The monoisotopic (exact) mass is 251 g/mol. The van der Waals surface area contributed by atoms with E-state index in [1.54, 1.807) is 0 Å². The van der Waals surface area contributed by atoms with Gasteiger partial charge in [0.1, 0.15) is 0 Å². The third-order valence-corrected chi connectivity index (χ3v) is 3.98. The Bertz CT molecular complexity index is 274. The van der Waals surface area contributed by atoms with E-state index in [4.69, 9.17) is 0 Å². The van der Waals surface area contributed by atoms with Crippen LogP contribution in [0.2, 0.25) is 0 Å². The highest BCUT2D eigenvalue weighted by molar-refractivity contribution is 7.99. The highest BCUT2D eigenvalue weighted by Gasteiger charge is 2.04. The summed E-state index contributed by atoms with van der Waals surface area (Å²) in [5.74, 6) is 1.23. The molecule has 0 radical (unpaired) electrons. The second-order valence-corrected chi connectivity index (χ2v) is 5.53. The van der Waals surface area contributed by atoms with E-state index in [0.29, 0.717) is 6.04 Å². The summed E-state index contributed by atoms with van der Waals surface area (Å²) in [6, 6.07) is 11.4. The topological polar surface area (TPSA) is 12.0 Å². The Kier molecular flexibility index (Phi) is 8.20. The van der Waals surface area contributed by atoms with Crippen LogP contribution >= 0.6 is 11.8 Å². The van der Waals surface area contributed by atoms with E-state index in [0.717, 1.165) is 6.54 Å². The molecule has 1 nitrogen and oxygen atoms in total. The molecule has 0 heterocycles. The van der Waals surface area contributed by atoms with Gasteiger partial charge in [0.05, 0.1) is 0 Å². The van der Waals surface area contributed by atoms with Crippen LogP contribution in [0.3, 0.4) is 0 Å². The van der Waals surface area contributed by atoms with Gasteiger partial charge in [-0.2, -0.15) is 0 Å². The minimum absolute atomic E-state index is 0.714. The third-order valence-electron chi connectivity index (χ3n) is 2.88. The molecule has 0 spiro atoms. The van der Waals surface area contributed by atoms with Gasteiger partial charge in [-0.15, -0.1) is 11.8 Å². The zero-order valence-corrected chi connectivity index (χ0v) is 11.9. The number of benzene rings is 1. The van der Waals surface area contributed by atoms with Gasteiger partial charge in [0, 0.05) is 10.9 Å². The quantitative estimate of drug-likeness (QED) is 0.517. The molecule has 17 heavy (non-hydrogen) atoms. The third kappa shape index (κ3) is 6.75. The molecule has 0 saturated carbocycles. The van der Waals surface area contributed by atoms with Gasteiger partial charge >= 0.3 is 0 Å². The van der Waals surface area contributed by atoms with E-state index in [1.807, 2.05) is 11.8 Å². The van der Waals surface area contributed by atoms with Crippen LogP contribution in [0.1, 0.15) is 39.5 Å². The zero-order valence-electron chi connectivity index (χ0n) is 11.1. The molecule has 1 N–H and O–H groups in total. The first kappa shape index (κ1) is 14.6. The van der Waals surface area contributed by atoms with Gasteiger partial charge in [0.2, 0.25) is 0 Å². The van der Waals surface area contributed by atoms with Crippen LogP contribution < -0.4 is 5.32 Å². The zero-order chi connectivity index (χ0) is 12.3. The maximum Gasteiger partial charge on any atom is 0.00719 e. The first-order valence-electron chi connectivity index (χ1n) is 6.78. The van der Waals surface area contributed by atoms with Gasteiger partial charge in [-0.05, 0) is 50.1 Å². The Morgan fingerprint density at radius 1 is 1.18 bits per heavy atom. The van der Waals surface area contributed by atoms with Crippen molar-refractivity contribution in [1.82, 2.24) is 5.32 Å². The Labute approximate surface area is 110 Å². The lowest BCUT2D eigenvalue weighted by Gasteiger charge is -2.16. The Morgan fingerprint density at radius 3 is 2.59 bits per heavy atom. The van der Waals surface area contributed by atoms with Gasteiger partial charge in [-0.3, -0.25) is 0 Å². The second-order valence-electron chi connectivity index (χ2n) is 4.36. The number of thioether (sulfide) groups is 1. The number of hydrogen-bond acceptors (Lipinski definition) is 2.